The van der Waals surface area contributed by atoms with Crippen molar-refractivity contribution in [1.82, 2.24) is 14.5 Å². The van der Waals surface area contributed by atoms with Gasteiger partial charge >= 0.3 is 0 Å². The Bertz CT molecular complexity index is 1210. The minimum absolute atomic E-state index is 0.341. The second kappa shape index (κ2) is 7.72. The second-order valence-electron chi connectivity index (χ2n) is 7.06. The average molecular weight is 385 g/mol. The maximum Gasteiger partial charge on any atom is 0.128 e. The minimum atomic E-state index is -0.341. The van der Waals surface area contributed by atoms with Crippen molar-refractivity contribution in [3.63, 3.8) is 0 Å². The highest BCUT2D eigenvalue weighted by Gasteiger charge is 2.17. The van der Waals surface area contributed by atoms with Crippen molar-refractivity contribution in [3.05, 3.63) is 89.4 Å². The fraction of sp³-hybridized carbons (Fsp3) is 0.174. The third-order valence-corrected chi connectivity index (χ3v) is 4.98. The van der Waals surface area contributed by atoms with Crippen LogP contribution < -0.4 is 4.90 Å². The SMILES string of the molecule is Cc1cc(F)cc2c(N(C)Cc3nccn3Cc3ccccc3)c(C#N)cnc12. The minimum Gasteiger partial charge on any atom is -0.365 e. The third-order valence-electron chi connectivity index (χ3n) is 4.98. The lowest BCUT2D eigenvalue weighted by molar-refractivity contribution is 0.628. The molecule has 4 rings (SSSR count). The van der Waals surface area contributed by atoms with Gasteiger partial charge in [-0.05, 0) is 30.2 Å². The number of fused-ring (bicyclic) bond motifs is 1. The molecular formula is C23H20FN5. The Morgan fingerprint density at radius 2 is 1.97 bits per heavy atom. The van der Waals surface area contributed by atoms with E-state index in [9.17, 15) is 9.65 Å². The van der Waals surface area contributed by atoms with E-state index >= 15 is 0 Å². The number of nitriles is 1. The van der Waals surface area contributed by atoms with Gasteiger partial charge in [0.2, 0.25) is 0 Å². The molecule has 0 spiro atoms. The molecule has 4 aromatic rings. The van der Waals surface area contributed by atoms with Crippen LogP contribution >= 0.6 is 0 Å². The highest BCUT2D eigenvalue weighted by atomic mass is 19.1. The Balaban J connectivity index is 1.71. The highest BCUT2D eigenvalue weighted by Crippen LogP contribution is 2.31. The van der Waals surface area contributed by atoms with Gasteiger partial charge in [-0.25, -0.2) is 9.37 Å². The molecule has 0 saturated heterocycles. The third kappa shape index (κ3) is 3.67. The molecule has 0 N–H and O–H groups in total. The molecule has 2 heterocycles. The molecule has 0 amide bonds. The summed E-state index contributed by atoms with van der Waals surface area (Å²) in [5, 5.41) is 10.2. The van der Waals surface area contributed by atoms with Gasteiger partial charge in [-0.1, -0.05) is 30.3 Å². The van der Waals surface area contributed by atoms with Gasteiger partial charge in [0.05, 0.1) is 23.3 Å². The molecule has 29 heavy (non-hydrogen) atoms. The van der Waals surface area contributed by atoms with Gasteiger partial charge in [0, 0.05) is 37.6 Å². The van der Waals surface area contributed by atoms with Gasteiger partial charge in [0.1, 0.15) is 17.7 Å². The zero-order chi connectivity index (χ0) is 20.4. The monoisotopic (exact) mass is 385 g/mol. The molecule has 0 saturated carbocycles. The van der Waals surface area contributed by atoms with E-state index in [0.29, 0.717) is 35.2 Å². The van der Waals surface area contributed by atoms with Crippen molar-refractivity contribution >= 4 is 16.6 Å². The van der Waals surface area contributed by atoms with Crippen molar-refractivity contribution in [1.29, 1.82) is 5.26 Å². The van der Waals surface area contributed by atoms with Crippen LogP contribution in [0.25, 0.3) is 10.9 Å². The molecule has 6 heteroatoms. The number of anilines is 1. The molecule has 0 atom stereocenters. The van der Waals surface area contributed by atoms with Crippen LogP contribution in [0.15, 0.2) is 61.1 Å². The lowest BCUT2D eigenvalue weighted by Gasteiger charge is -2.23. The van der Waals surface area contributed by atoms with Crippen molar-refractivity contribution in [2.24, 2.45) is 0 Å². The fourth-order valence-corrected chi connectivity index (χ4v) is 3.62. The Morgan fingerprint density at radius 1 is 1.17 bits per heavy atom. The van der Waals surface area contributed by atoms with Crippen LogP contribution in [0.3, 0.4) is 0 Å². The van der Waals surface area contributed by atoms with Gasteiger partial charge in [-0.3, -0.25) is 4.98 Å². The first-order chi connectivity index (χ1) is 14.1. The molecule has 144 valence electrons. The van der Waals surface area contributed by atoms with Crippen LogP contribution in [0.5, 0.6) is 0 Å². The first-order valence-electron chi connectivity index (χ1n) is 9.31. The molecule has 2 aromatic carbocycles. The lowest BCUT2D eigenvalue weighted by atomic mass is 10.1. The van der Waals surface area contributed by atoms with Crippen molar-refractivity contribution in [2.45, 2.75) is 20.0 Å². The van der Waals surface area contributed by atoms with Gasteiger partial charge in [-0.2, -0.15) is 5.26 Å². The summed E-state index contributed by atoms with van der Waals surface area (Å²) >= 11 is 0. The summed E-state index contributed by atoms with van der Waals surface area (Å²) in [7, 11) is 1.89. The Kier molecular flexibility index (Phi) is 4.96. The van der Waals surface area contributed by atoms with E-state index in [1.807, 2.05) is 43.3 Å². The number of aromatic nitrogens is 3. The Morgan fingerprint density at radius 3 is 2.72 bits per heavy atom. The summed E-state index contributed by atoms with van der Waals surface area (Å²) in [4.78, 5) is 10.8. The van der Waals surface area contributed by atoms with E-state index in [1.54, 1.807) is 12.4 Å². The van der Waals surface area contributed by atoms with Crippen LogP contribution in [0, 0.1) is 24.1 Å². The van der Waals surface area contributed by atoms with Crippen LogP contribution in [0.2, 0.25) is 0 Å². The molecule has 0 radical (unpaired) electrons. The smallest absolute Gasteiger partial charge is 0.128 e. The summed E-state index contributed by atoms with van der Waals surface area (Å²) in [6, 6.07) is 15.2. The number of benzene rings is 2. The Labute approximate surface area is 168 Å². The second-order valence-corrected chi connectivity index (χ2v) is 7.06. The van der Waals surface area contributed by atoms with Gasteiger partial charge in [0.15, 0.2) is 0 Å². The van der Waals surface area contributed by atoms with Gasteiger partial charge in [0.25, 0.3) is 0 Å². The van der Waals surface area contributed by atoms with E-state index in [0.717, 1.165) is 11.4 Å². The summed E-state index contributed by atoms with van der Waals surface area (Å²) in [6.07, 6.45) is 5.26. The quantitative estimate of drug-likeness (QED) is 0.510. The standard InChI is InChI=1S/C23H20FN5/c1-16-10-19(24)11-20-22(16)27-13-18(12-25)23(20)28(2)15-21-26-8-9-29(21)14-17-6-4-3-5-7-17/h3-11,13H,14-15H2,1-2H3. The zero-order valence-corrected chi connectivity index (χ0v) is 16.3. The number of aryl methyl sites for hydroxylation is 1. The van der Waals surface area contributed by atoms with Crippen LogP contribution in [0.1, 0.15) is 22.5 Å². The molecule has 0 unspecified atom stereocenters. The number of imidazole rings is 1. The number of rotatable bonds is 5. The lowest BCUT2D eigenvalue weighted by Crippen LogP contribution is -2.21. The molecule has 0 aliphatic heterocycles. The summed E-state index contributed by atoms with van der Waals surface area (Å²) < 4.78 is 16.2. The van der Waals surface area contributed by atoms with Crippen molar-refractivity contribution in [3.8, 4) is 6.07 Å². The number of hydrogen-bond donors (Lipinski definition) is 0. The maximum absolute atomic E-state index is 14.1. The largest absolute Gasteiger partial charge is 0.365 e. The van der Waals surface area contributed by atoms with Crippen LogP contribution in [-0.2, 0) is 13.1 Å². The molecule has 0 aliphatic carbocycles. The number of nitrogens with zero attached hydrogens (tertiary/aromatic N) is 5. The maximum atomic E-state index is 14.1. The van der Waals surface area contributed by atoms with E-state index in [2.05, 4.69) is 32.7 Å². The summed E-state index contributed by atoms with van der Waals surface area (Å²) in [5.41, 5.74) is 3.68. The van der Waals surface area contributed by atoms with Crippen LogP contribution in [0.4, 0.5) is 10.1 Å². The fourth-order valence-electron chi connectivity index (χ4n) is 3.62. The topological polar surface area (TPSA) is 57.7 Å². The summed E-state index contributed by atoms with van der Waals surface area (Å²) in [5.74, 6) is 0.519. The van der Waals surface area contributed by atoms with E-state index in [4.69, 9.17) is 0 Å². The van der Waals surface area contributed by atoms with E-state index in [-0.39, 0.29) is 5.82 Å². The number of pyridine rings is 1. The predicted octanol–water partition coefficient (Wildman–Crippen LogP) is 4.44. The van der Waals surface area contributed by atoms with E-state index < -0.39 is 0 Å². The predicted molar refractivity (Wildman–Crippen MR) is 111 cm³/mol. The normalized spacial score (nSPS) is 10.8. The van der Waals surface area contributed by atoms with E-state index in [1.165, 1.54) is 17.7 Å². The molecule has 0 fully saturated rings. The Hall–Kier alpha value is -3.72. The molecule has 5 nitrogen and oxygen atoms in total. The molecule has 0 aliphatic rings. The number of hydrogen-bond acceptors (Lipinski definition) is 4. The van der Waals surface area contributed by atoms with Crippen LogP contribution in [-0.4, -0.2) is 21.6 Å². The highest BCUT2D eigenvalue weighted by molar-refractivity contribution is 5.96. The van der Waals surface area contributed by atoms with Gasteiger partial charge < -0.3 is 9.47 Å². The number of halogens is 1. The van der Waals surface area contributed by atoms with Crippen molar-refractivity contribution in [2.75, 3.05) is 11.9 Å². The molecule has 2 aromatic heterocycles. The molecule has 0 bridgehead atoms. The average Bonchev–Trinajstić information content (AvgIpc) is 3.14. The van der Waals surface area contributed by atoms with Gasteiger partial charge in [-0.15, -0.1) is 0 Å². The van der Waals surface area contributed by atoms with Crippen molar-refractivity contribution < 1.29 is 4.39 Å². The molecular weight excluding hydrogens is 365 g/mol. The summed E-state index contributed by atoms with van der Waals surface area (Å²) in [6.45, 7) is 3.00. The first-order valence-corrected chi connectivity index (χ1v) is 9.31. The zero-order valence-electron chi connectivity index (χ0n) is 16.3. The first kappa shape index (κ1) is 18.6.